The normalized spacial score (nSPS) is 11.0. The molecule has 0 saturated carbocycles. The minimum atomic E-state index is -0.255. The van der Waals surface area contributed by atoms with E-state index in [0.29, 0.717) is 17.2 Å². The average Bonchev–Trinajstić information content (AvgIpc) is 3.27. The van der Waals surface area contributed by atoms with Crippen LogP contribution in [0.15, 0.2) is 54.7 Å². The van der Waals surface area contributed by atoms with Crippen molar-refractivity contribution in [3.8, 4) is 27.8 Å². The average molecular weight is 462 g/mol. The molecule has 0 bridgehead atoms. The van der Waals surface area contributed by atoms with Crippen LogP contribution in [0.4, 0.5) is 5.69 Å². The number of aromatic nitrogens is 2. The summed E-state index contributed by atoms with van der Waals surface area (Å²) in [6.07, 6.45) is 4.91. The number of carbonyl (C=O) groups is 1. The van der Waals surface area contributed by atoms with Crippen LogP contribution in [-0.4, -0.2) is 37.2 Å². The summed E-state index contributed by atoms with van der Waals surface area (Å²) in [7, 11) is 4.65. The summed E-state index contributed by atoms with van der Waals surface area (Å²) in [5.74, 6) is 1.28. The van der Waals surface area contributed by atoms with Gasteiger partial charge in [0.05, 0.1) is 21.3 Å². The van der Waals surface area contributed by atoms with Crippen LogP contribution in [0.2, 0.25) is 0 Å². The van der Waals surface area contributed by atoms with Crippen LogP contribution >= 0.6 is 11.3 Å². The molecule has 0 fully saturated rings. The third-order valence-corrected chi connectivity index (χ3v) is 6.05. The van der Waals surface area contributed by atoms with E-state index in [1.54, 1.807) is 45.7 Å². The zero-order chi connectivity index (χ0) is 23.4. The summed E-state index contributed by atoms with van der Waals surface area (Å²) in [6.45, 7) is 1.95. The highest BCUT2D eigenvalue weighted by Gasteiger charge is 2.13. The smallest absolute Gasteiger partial charge is 0.248 e. The molecule has 0 atom stereocenters. The number of nitrogens with zero attached hydrogens (tertiary/aromatic N) is 2. The molecule has 0 aliphatic rings. The molecule has 0 radical (unpaired) electrons. The quantitative estimate of drug-likeness (QED) is 0.374. The number of hydrogen-bond acceptors (Lipinski definition) is 7. The summed E-state index contributed by atoms with van der Waals surface area (Å²) < 4.78 is 16.1. The molecule has 0 spiro atoms. The lowest BCUT2D eigenvalue weighted by molar-refractivity contribution is -0.111. The molecule has 0 aliphatic carbocycles. The molecule has 4 rings (SSSR count). The van der Waals surface area contributed by atoms with E-state index >= 15 is 0 Å². The van der Waals surface area contributed by atoms with Gasteiger partial charge in [-0.15, -0.1) is 0 Å². The zero-order valence-corrected chi connectivity index (χ0v) is 19.5. The van der Waals surface area contributed by atoms with Crippen LogP contribution in [0.1, 0.15) is 11.1 Å². The number of hydrogen-bond donors (Lipinski definition) is 1. The van der Waals surface area contributed by atoms with Crippen molar-refractivity contribution in [3.63, 3.8) is 0 Å². The number of fused-ring (bicyclic) bond motifs is 1. The van der Waals surface area contributed by atoms with Crippen molar-refractivity contribution in [2.45, 2.75) is 6.92 Å². The predicted molar refractivity (Wildman–Crippen MR) is 131 cm³/mol. The van der Waals surface area contributed by atoms with Crippen LogP contribution in [0, 0.1) is 6.92 Å². The molecule has 8 heteroatoms. The number of thiazole rings is 1. The second-order valence-corrected chi connectivity index (χ2v) is 8.14. The van der Waals surface area contributed by atoms with E-state index in [-0.39, 0.29) is 5.91 Å². The molecule has 33 heavy (non-hydrogen) atoms. The lowest BCUT2D eigenvalue weighted by atomic mass is 10.1. The standard InChI is InChI=1S/C25H23N3O4S/c1-15-7-9-17(24-28-18-6-5-11-26-25(18)33-24)14-19(15)27-22(29)10-8-16-12-20(30-2)23(32-4)21(13-16)31-3/h5-14H,1-4H3,(H,27,29)/b10-8+. The maximum Gasteiger partial charge on any atom is 0.248 e. The third-order valence-electron chi connectivity index (χ3n) is 5.02. The number of aryl methyl sites for hydroxylation is 1. The Morgan fingerprint density at radius 3 is 2.45 bits per heavy atom. The summed E-state index contributed by atoms with van der Waals surface area (Å²) in [5.41, 5.74) is 4.20. The van der Waals surface area contributed by atoms with E-state index in [9.17, 15) is 4.79 Å². The van der Waals surface area contributed by atoms with E-state index < -0.39 is 0 Å². The third kappa shape index (κ3) is 4.80. The second-order valence-electron chi connectivity index (χ2n) is 7.16. The first-order valence-corrected chi connectivity index (χ1v) is 11.0. The highest BCUT2D eigenvalue weighted by molar-refractivity contribution is 7.21. The number of anilines is 1. The van der Waals surface area contributed by atoms with Gasteiger partial charge in [0.15, 0.2) is 11.5 Å². The molecule has 1 N–H and O–H groups in total. The Balaban J connectivity index is 1.55. The van der Waals surface area contributed by atoms with Crippen LogP contribution in [-0.2, 0) is 4.79 Å². The van der Waals surface area contributed by atoms with Gasteiger partial charge in [-0.25, -0.2) is 9.97 Å². The monoisotopic (exact) mass is 461 g/mol. The SMILES string of the molecule is COc1cc(/C=C/C(=O)Nc2cc(-c3nc4cccnc4s3)ccc2C)cc(OC)c1OC. The van der Waals surface area contributed by atoms with Crippen LogP contribution < -0.4 is 19.5 Å². The van der Waals surface area contributed by atoms with Gasteiger partial charge in [-0.2, -0.15) is 0 Å². The highest BCUT2D eigenvalue weighted by atomic mass is 32.1. The zero-order valence-electron chi connectivity index (χ0n) is 18.7. The number of pyridine rings is 1. The van der Waals surface area contributed by atoms with Crippen molar-refractivity contribution in [3.05, 3.63) is 65.9 Å². The largest absolute Gasteiger partial charge is 0.493 e. The van der Waals surface area contributed by atoms with Gasteiger partial charge in [-0.3, -0.25) is 4.79 Å². The Morgan fingerprint density at radius 1 is 1.03 bits per heavy atom. The van der Waals surface area contributed by atoms with Crippen molar-refractivity contribution in [2.24, 2.45) is 0 Å². The highest BCUT2D eigenvalue weighted by Crippen LogP contribution is 2.38. The van der Waals surface area contributed by atoms with Crippen LogP contribution in [0.25, 0.3) is 27.0 Å². The number of ether oxygens (including phenoxy) is 3. The summed E-state index contributed by atoms with van der Waals surface area (Å²) in [6, 6.07) is 13.2. The van der Waals surface area contributed by atoms with Gasteiger partial charge in [0.2, 0.25) is 11.7 Å². The van der Waals surface area contributed by atoms with E-state index in [2.05, 4.69) is 15.3 Å². The molecular weight excluding hydrogens is 438 g/mol. The Hall–Kier alpha value is -3.91. The number of rotatable bonds is 7. The van der Waals surface area contributed by atoms with Gasteiger partial charge < -0.3 is 19.5 Å². The molecule has 2 aromatic carbocycles. The number of nitrogens with one attached hydrogen (secondary N) is 1. The molecule has 2 aromatic heterocycles. The van der Waals surface area contributed by atoms with Crippen molar-refractivity contribution in [2.75, 3.05) is 26.6 Å². The molecule has 7 nitrogen and oxygen atoms in total. The fourth-order valence-corrected chi connectivity index (χ4v) is 4.23. The lowest BCUT2D eigenvalue weighted by Crippen LogP contribution is -2.09. The summed E-state index contributed by atoms with van der Waals surface area (Å²) in [5, 5.41) is 3.81. The van der Waals surface area contributed by atoms with Gasteiger partial charge in [0.1, 0.15) is 15.4 Å². The molecule has 1 amide bonds. The maximum absolute atomic E-state index is 12.7. The van der Waals surface area contributed by atoms with Gasteiger partial charge in [0, 0.05) is 23.5 Å². The van der Waals surface area contributed by atoms with E-state index in [1.807, 2.05) is 37.3 Å². The summed E-state index contributed by atoms with van der Waals surface area (Å²) in [4.78, 5) is 22.5. The Labute approximate surface area is 195 Å². The van der Waals surface area contributed by atoms with E-state index in [4.69, 9.17) is 14.2 Å². The first-order valence-electron chi connectivity index (χ1n) is 10.1. The minimum absolute atomic E-state index is 0.255. The van der Waals surface area contributed by atoms with Crippen molar-refractivity contribution >= 4 is 39.4 Å². The fraction of sp³-hybridized carbons (Fsp3) is 0.160. The van der Waals surface area contributed by atoms with Crippen molar-refractivity contribution < 1.29 is 19.0 Å². The Morgan fingerprint density at radius 2 is 1.79 bits per heavy atom. The summed E-state index contributed by atoms with van der Waals surface area (Å²) >= 11 is 1.52. The molecule has 0 unspecified atom stereocenters. The van der Waals surface area contributed by atoms with Crippen molar-refractivity contribution in [1.82, 2.24) is 9.97 Å². The first kappa shape index (κ1) is 22.3. The van der Waals surface area contributed by atoms with Crippen LogP contribution in [0.5, 0.6) is 17.2 Å². The van der Waals surface area contributed by atoms with Gasteiger partial charge in [0.25, 0.3) is 0 Å². The Kier molecular flexibility index (Phi) is 6.55. The molecule has 0 saturated heterocycles. The Bertz CT molecular complexity index is 1290. The van der Waals surface area contributed by atoms with E-state index in [0.717, 1.165) is 37.7 Å². The lowest BCUT2D eigenvalue weighted by Gasteiger charge is -2.12. The van der Waals surface area contributed by atoms with E-state index in [1.165, 1.54) is 17.4 Å². The molecule has 0 aliphatic heterocycles. The fourth-order valence-electron chi connectivity index (χ4n) is 3.33. The van der Waals surface area contributed by atoms with Crippen molar-refractivity contribution in [1.29, 1.82) is 0 Å². The number of carbonyl (C=O) groups excluding carboxylic acids is 1. The number of benzene rings is 2. The number of methoxy groups -OCH3 is 3. The number of amides is 1. The van der Waals surface area contributed by atoms with Crippen LogP contribution in [0.3, 0.4) is 0 Å². The van der Waals surface area contributed by atoms with Gasteiger partial charge >= 0.3 is 0 Å². The van der Waals surface area contributed by atoms with Gasteiger partial charge in [-0.1, -0.05) is 23.5 Å². The molecular formula is C25H23N3O4S. The molecule has 2 heterocycles. The molecule has 4 aromatic rings. The predicted octanol–water partition coefficient (Wildman–Crippen LogP) is 5.34. The first-order chi connectivity index (χ1) is 16.0. The molecule has 168 valence electrons. The maximum atomic E-state index is 12.7. The minimum Gasteiger partial charge on any atom is -0.493 e. The topological polar surface area (TPSA) is 82.6 Å². The van der Waals surface area contributed by atoms with Gasteiger partial charge in [-0.05, 0) is 54.5 Å². The second kappa shape index (κ2) is 9.70.